The van der Waals surface area contributed by atoms with Crippen molar-refractivity contribution in [2.24, 2.45) is 0 Å². The van der Waals surface area contributed by atoms with Crippen LogP contribution in [-0.4, -0.2) is 22.3 Å². The van der Waals surface area contributed by atoms with Crippen LogP contribution in [0.3, 0.4) is 0 Å². The number of furan rings is 1. The Morgan fingerprint density at radius 1 is 1.31 bits per heavy atom. The van der Waals surface area contributed by atoms with Gasteiger partial charge < -0.3 is 14.5 Å². The number of nitrogens with one attached hydrogen (secondary N) is 1. The number of rotatable bonds is 6. The topological polar surface area (TPSA) is 69.3 Å². The second kappa shape index (κ2) is 7.23. The van der Waals surface area contributed by atoms with E-state index >= 15 is 0 Å². The van der Waals surface area contributed by atoms with Gasteiger partial charge in [-0.1, -0.05) is 6.92 Å². The van der Waals surface area contributed by atoms with E-state index in [-0.39, 0.29) is 12.5 Å². The fraction of sp³-hybridized carbons (Fsp3) is 0.400. The van der Waals surface area contributed by atoms with E-state index in [0.717, 1.165) is 42.5 Å². The first kappa shape index (κ1) is 16.7. The van der Waals surface area contributed by atoms with Crippen LogP contribution in [0.1, 0.15) is 37.5 Å². The first-order chi connectivity index (χ1) is 12.7. The maximum Gasteiger partial charge on any atom is 0.263 e. The molecule has 0 saturated carbocycles. The van der Waals surface area contributed by atoms with Gasteiger partial charge in [0.15, 0.2) is 6.61 Å². The van der Waals surface area contributed by atoms with Gasteiger partial charge in [0.25, 0.3) is 5.91 Å². The molecule has 1 aliphatic carbocycles. The summed E-state index contributed by atoms with van der Waals surface area (Å²) in [6, 6.07) is 7.55. The van der Waals surface area contributed by atoms with Crippen LogP contribution in [0.25, 0.3) is 11.0 Å². The van der Waals surface area contributed by atoms with E-state index in [9.17, 15) is 4.79 Å². The number of amides is 1. The lowest BCUT2D eigenvalue weighted by Gasteiger charge is -2.10. The predicted molar refractivity (Wildman–Crippen MR) is 99.5 cm³/mol. The van der Waals surface area contributed by atoms with Gasteiger partial charge in [0.1, 0.15) is 22.9 Å². The number of aromatic nitrogens is 2. The smallest absolute Gasteiger partial charge is 0.263 e. The number of hydrogen-bond donors (Lipinski definition) is 1. The minimum absolute atomic E-state index is 0.0388. The second-order valence-corrected chi connectivity index (χ2v) is 6.65. The minimum Gasteiger partial charge on any atom is -0.484 e. The zero-order chi connectivity index (χ0) is 17.9. The molecule has 1 amide bonds. The zero-order valence-corrected chi connectivity index (χ0v) is 15.0. The third-order valence-electron chi connectivity index (χ3n) is 4.72. The molecule has 0 fully saturated rings. The molecule has 3 aromatic rings. The molecular weight excluding hydrogens is 330 g/mol. The molecule has 2 aromatic heterocycles. The number of hydrogen-bond acceptors (Lipinski definition) is 4. The van der Waals surface area contributed by atoms with E-state index in [4.69, 9.17) is 9.15 Å². The van der Waals surface area contributed by atoms with E-state index in [1.54, 1.807) is 16.9 Å². The number of benzene rings is 1. The molecule has 0 spiro atoms. The van der Waals surface area contributed by atoms with Gasteiger partial charge in [0, 0.05) is 30.0 Å². The Hall–Kier alpha value is -2.76. The van der Waals surface area contributed by atoms with Crippen LogP contribution in [0.2, 0.25) is 0 Å². The van der Waals surface area contributed by atoms with E-state index in [1.165, 1.54) is 18.4 Å². The molecule has 0 saturated heterocycles. The summed E-state index contributed by atoms with van der Waals surface area (Å²) in [6.45, 7) is 2.80. The van der Waals surface area contributed by atoms with E-state index < -0.39 is 0 Å². The number of nitrogens with zero attached hydrogens (tertiary/aromatic N) is 2. The molecule has 0 unspecified atom stereocenters. The van der Waals surface area contributed by atoms with Crippen LogP contribution in [-0.2, 0) is 24.2 Å². The van der Waals surface area contributed by atoms with E-state index in [2.05, 4.69) is 17.3 Å². The van der Waals surface area contributed by atoms with Crippen molar-refractivity contribution < 1.29 is 13.9 Å². The van der Waals surface area contributed by atoms with Gasteiger partial charge in [0.05, 0.1) is 6.20 Å². The van der Waals surface area contributed by atoms with Crippen molar-refractivity contribution in [3.8, 4) is 5.75 Å². The second-order valence-electron chi connectivity index (χ2n) is 6.65. The Morgan fingerprint density at radius 3 is 3.08 bits per heavy atom. The quantitative estimate of drug-likeness (QED) is 0.729. The summed E-state index contributed by atoms with van der Waals surface area (Å²) in [4.78, 5) is 12.2. The highest BCUT2D eigenvalue weighted by molar-refractivity contribution is 5.91. The summed E-state index contributed by atoms with van der Waals surface area (Å²) in [6.07, 6.45) is 7.07. The van der Waals surface area contributed by atoms with E-state index in [0.29, 0.717) is 11.6 Å². The van der Waals surface area contributed by atoms with Crippen molar-refractivity contribution in [1.29, 1.82) is 0 Å². The molecule has 6 nitrogen and oxygen atoms in total. The standard InChI is InChI=1S/C20H23N3O3/c1-2-11-23-19(9-10-21-23)22-20(24)13-25-14-7-8-18-16(12-14)15-5-3-4-6-17(15)26-18/h7-10,12H,2-6,11,13H2,1H3,(H,22,24). The lowest BCUT2D eigenvalue weighted by molar-refractivity contribution is -0.118. The minimum atomic E-state index is -0.197. The third kappa shape index (κ3) is 3.31. The molecule has 136 valence electrons. The van der Waals surface area contributed by atoms with Crippen LogP contribution in [0.5, 0.6) is 5.75 Å². The summed E-state index contributed by atoms with van der Waals surface area (Å²) >= 11 is 0. The molecule has 1 aromatic carbocycles. The highest BCUT2D eigenvalue weighted by Crippen LogP contribution is 2.33. The van der Waals surface area contributed by atoms with Crippen LogP contribution in [0.4, 0.5) is 5.82 Å². The number of aryl methyl sites for hydroxylation is 3. The van der Waals surface area contributed by atoms with Gasteiger partial charge in [-0.05, 0) is 43.9 Å². The molecule has 4 rings (SSSR count). The lowest BCUT2D eigenvalue weighted by atomic mass is 9.96. The fourth-order valence-electron chi connectivity index (χ4n) is 3.49. The van der Waals surface area contributed by atoms with Crippen molar-refractivity contribution in [3.63, 3.8) is 0 Å². The highest BCUT2D eigenvalue weighted by Gasteiger charge is 2.18. The van der Waals surface area contributed by atoms with Crippen LogP contribution in [0.15, 0.2) is 34.9 Å². The summed E-state index contributed by atoms with van der Waals surface area (Å²) in [5, 5.41) is 8.15. The van der Waals surface area contributed by atoms with Crippen LogP contribution >= 0.6 is 0 Å². The van der Waals surface area contributed by atoms with Crippen molar-refractivity contribution >= 4 is 22.7 Å². The molecule has 26 heavy (non-hydrogen) atoms. The predicted octanol–water partition coefficient (Wildman–Crippen LogP) is 3.94. The van der Waals surface area contributed by atoms with Gasteiger partial charge in [-0.15, -0.1) is 0 Å². The molecule has 6 heteroatoms. The molecule has 0 bridgehead atoms. The Bertz CT molecular complexity index is 926. The molecular formula is C20H23N3O3. The average molecular weight is 353 g/mol. The first-order valence-corrected chi connectivity index (χ1v) is 9.23. The fourth-order valence-corrected chi connectivity index (χ4v) is 3.49. The Kier molecular flexibility index (Phi) is 4.65. The number of ether oxygens (including phenoxy) is 1. The third-order valence-corrected chi connectivity index (χ3v) is 4.72. The van der Waals surface area contributed by atoms with Gasteiger partial charge in [-0.25, -0.2) is 4.68 Å². The molecule has 1 aliphatic rings. The van der Waals surface area contributed by atoms with E-state index in [1.807, 2.05) is 18.2 Å². The Morgan fingerprint density at radius 2 is 2.19 bits per heavy atom. The molecule has 0 atom stereocenters. The number of carbonyl (C=O) groups excluding carboxylic acids is 1. The highest BCUT2D eigenvalue weighted by atomic mass is 16.5. The number of anilines is 1. The number of carbonyl (C=O) groups is 1. The van der Waals surface area contributed by atoms with Crippen molar-refractivity contribution in [2.75, 3.05) is 11.9 Å². The summed E-state index contributed by atoms with van der Waals surface area (Å²) in [7, 11) is 0. The Balaban J connectivity index is 1.42. The zero-order valence-electron chi connectivity index (χ0n) is 15.0. The maximum atomic E-state index is 12.2. The summed E-state index contributed by atoms with van der Waals surface area (Å²) in [5.41, 5.74) is 2.20. The molecule has 2 heterocycles. The average Bonchev–Trinajstić information content (AvgIpc) is 3.24. The SMILES string of the molecule is CCCn1nccc1NC(=O)COc1ccc2oc3c(c2c1)CCCC3. The summed E-state index contributed by atoms with van der Waals surface area (Å²) < 4.78 is 13.4. The maximum absolute atomic E-state index is 12.2. The normalized spacial score (nSPS) is 13.6. The van der Waals surface area contributed by atoms with Crippen molar-refractivity contribution in [1.82, 2.24) is 9.78 Å². The van der Waals surface area contributed by atoms with Crippen LogP contribution in [0, 0.1) is 0 Å². The van der Waals surface area contributed by atoms with Crippen LogP contribution < -0.4 is 10.1 Å². The molecule has 1 N–H and O–H groups in total. The monoisotopic (exact) mass is 353 g/mol. The largest absolute Gasteiger partial charge is 0.484 e. The number of fused-ring (bicyclic) bond motifs is 3. The first-order valence-electron chi connectivity index (χ1n) is 9.23. The Labute approximate surface area is 152 Å². The summed E-state index contributed by atoms with van der Waals surface area (Å²) in [5.74, 6) is 2.28. The van der Waals surface area contributed by atoms with Crippen molar-refractivity contribution in [3.05, 3.63) is 41.8 Å². The lowest BCUT2D eigenvalue weighted by Crippen LogP contribution is -2.22. The van der Waals surface area contributed by atoms with Gasteiger partial charge >= 0.3 is 0 Å². The van der Waals surface area contributed by atoms with Gasteiger partial charge in [-0.3, -0.25) is 4.79 Å². The van der Waals surface area contributed by atoms with Crippen molar-refractivity contribution in [2.45, 2.75) is 45.6 Å². The molecule has 0 radical (unpaired) electrons. The van der Waals surface area contributed by atoms with Gasteiger partial charge in [0.2, 0.25) is 0 Å². The van der Waals surface area contributed by atoms with Gasteiger partial charge in [-0.2, -0.15) is 5.10 Å². The molecule has 0 aliphatic heterocycles.